The SMILES string of the molecule is COC[C@H]1O[C@@H](n2cc(C)c(=O)[nH]c2=O)CC1OP(OCCC#N)N(C(C)C)C(C)C. The van der Waals surface area contributed by atoms with Crippen LogP contribution in [-0.4, -0.2) is 58.8 Å². The summed E-state index contributed by atoms with van der Waals surface area (Å²) < 4.78 is 27.3. The van der Waals surface area contributed by atoms with Crippen LogP contribution in [0, 0.1) is 18.3 Å². The standard InChI is InChI=1S/C20H33N4O6P/c1-13(2)24(14(3)4)31(28-9-7-8-21)30-16-10-18(29-17(16)12-27-6)23-11-15(5)19(25)22-20(23)26/h11,13-14,16-18H,7,9-10,12H2,1-6H3,(H,22,25,26)/t16?,17-,18-,31?/m1/s1. The van der Waals surface area contributed by atoms with Crippen LogP contribution in [0.5, 0.6) is 0 Å². The van der Waals surface area contributed by atoms with E-state index < -0.39 is 38.2 Å². The second kappa shape index (κ2) is 11.9. The molecule has 4 atom stereocenters. The zero-order chi connectivity index (χ0) is 23.1. The van der Waals surface area contributed by atoms with Crippen LogP contribution in [0.3, 0.4) is 0 Å². The first-order valence-electron chi connectivity index (χ1n) is 10.4. The fourth-order valence-corrected chi connectivity index (χ4v) is 5.26. The van der Waals surface area contributed by atoms with Gasteiger partial charge in [-0.1, -0.05) is 0 Å². The molecule has 2 rings (SSSR count). The molecule has 0 bridgehead atoms. The van der Waals surface area contributed by atoms with Crippen LogP contribution in [0.1, 0.15) is 52.3 Å². The molecule has 0 spiro atoms. The summed E-state index contributed by atoms with van der Waals surface area (Å²) in [4.78, 5) is 26.4. The highest BCUT2D eigenvalue weighted by molar-refractivity contribution is 7.44. The highest BCUT2D eigenvalue weighted by Crippen LogP contribution is 2.49. The van der Waals surface area contributed by atoms with Gasteiger partial charge in [0.2, 0.25) is 0 Å². The maximum absolute atomic E-state index is 12.3. The molecule has 2 heterocycles. The van der Waals surface area contributed by atoms with Gasteiger partial charge in [-0.15, -0.1) is 0 Å². The molecule has 11 heteroatoms. The van der Waals surface area contributed by atoms with E-state index in [0.717, 1.165) is 0 Å². The number of nitrogens with one attached hydrogen (secondary N) is 1. The lowest BCUT2D eigenvalue weighted by atomic mass is 10.2. The summed E-state index contributed by atoms with van der Waals surface area (Å²) in [6, 6.07) is 2.41. The Balaban J connectivity index is 2.27. The minimum absolute atomic E-state index is 0.164. The highest BCUT2D eigenvalue weighted by atomic mass is 31.2. The van der Waals surface area contributed by atoms with Gasteiger partial charge in [-0.25, -0.2) is 9.46 Å². The number of ether oxygens (including phenoxy) is 2. The first kappa shape index (κ1) is 25.7. The van der Waals surface area contributed by atoms with Gasteiger partial charge in [0.25, 0.3) is 14.1 Å². The van der Waals surface area contributed by atoms with Crippen molar-refractivity contribution in [1.82, 2.24) is 14.2 Å². The molecule has 1 aromatic heterocycles. The third-order valence-corrected chi connectivity index (χ3v) is 7.01. The molecule has 2 unspecified atom stereocenters. The van der Waals surface area contributed by atoms with E-state index in [0.29, 0.717) is 12.0 Å². The molecule has 0 aliphatic carbocycles. The van der Waals surface area contributed by atoms with Crippen LogP contribution < -0.4 is 11.2 Å². The normalized spacial score (nSPS) is 22.4. The van der Waals surface area contributed by atoms with Gasteiger partial charge in [-0.2, -0.15) is 5.26 Å². The summed E-state index contributed by atoms with van der Waals surface area (Å²) >= 11 is 0. The predicted molar refractivity (Wildman–Crippen MR) is 117 cm³/mol. The fourth-order valence-electron chi connectivity index (χ4n) is 3.51. The van der Waals surface area contributed by atoms with Gasteiger partial charge >= 0.3 is 5.69 Å². The lowest BCUT2D eigenvalue weighted by Crippen LogP contribution is -2.36. The molecular weight excluding hydrogens is 423 g/mol. The van der Waals surface area contributed by atoms with Gasteiger partial charge in [0.15, 0.2) is 0 Å². The number of nitrogens with zero attached hydrogens (tertiary/aromatic N) is 3. The summed E-state index contributed by atoms with van der Waals surface area (Å²) in [5.74, 6) is 0. The van der Waals surface area contributed by atoms with Gasteiger partial charge in [-0.3, -0.25) is 14.3 Å². The summed E-state index contributed by atoms with van der Waals surface area (Å²) in [5.41, 5.74) is -0.529. The Morgan fingerprint density at radius 1 is 1.35 bits per heavy atom. The molecule has 0 amide bonds. The van der Waals surface area contributed by atoms with Crippen LogP contribution in [0.4, 0.5) is 0 Å². The maximum atomic E-state index is 12.3. The first-order chi connectivity index (χ1) is 14.7. The molecule has 31 heavy (non-hydrogen) atoms. The van der Waals surface area contributed by atoms with E-state index >= 15 is 0 Å². The van der Waals surface area contributed by atoms with Crippen molar-refractivity contribution in [2.75, 3.05) is 20.3 Å². The summed E-state index contributed by atoms with van der Waals surface area (Å²) in [7, 11) is 0.106. The molecule has 1 saturated heterocycles. The van der Waals surface area contributed by atoms with Crippen LogP contribution >= 0.6 is 8.53 Å². The number of hydrogen-bond donors (Lipinski definition) is 1. The molecule has 1 aromatic rings. The Morgan fingerprint density at radius 3 is 2.61 bits per heavy atom. The van der Waals surface area contributed by atoms with Crippen molar-refractivity contribution in [3.63, 3.8) is 0 Å². The molecule has 10 nitrogen and oxygen atoms in total. The van der Waals surface area contributed by atoms with Crippen molar-refractivity contribution in [3.8, 4) is 6.07 Å². The van der Waals surface area contributed by atoms with Gasteiger partial charge < -0.3 is 18.5 Å². The van der Waals surface area contributed by atoms with E-state index in [4.69, 9.17) is 23.8 Å². The van der Waals surface area contributed by atoms with E-state index in [1.807, 2.05) is 0 Å². The molecule has 0 aromatic carbocycles. The zero-order valence-corrected chi connectivity index (χ0v) is 19.9. The van der Waals surface area contributed by atoms with Crippen molar-refractivity contribution in [3.05, 3.63) is 32.6 Å². The smallest absolute Gasteiger partial charge is 0.330 e. The van der Waals surface area contributed by atoms with Crippen molar-refractivity contribution >= 4 is 8.53 Å². The number of aromatic nitrogens is 2. The molecular formula is C20H33N4O6P. The van der Waals surface area contributed by atoms with Crippen molar-refractivity contribution in [2.24, 2.45) is 0 Å². The second-order valence-electron chi connectivity index (χ2n) is 7.99. The van der Waals surface area contributed by atoms with Crippen molar-refractivity contribution in [2.45, 2.75) is 78.0 Å². The largest absolute Gasteiger partial charge is 0.382 e. The predicted octanol–water partition coefficient (Wildman–Crippen LogP) is 2.44. The number of aryl methyl sites for hydroxylation is 1. The maximum Gasteiger partial charge on any atom is 0.330 e. The summed E-state index contributed by atoms with van der Waals surface area (Å²) in [6.07, 6.45) is 0.750. The van der Waals surface area contributed by atoms with E-state index in [1.165, 1.54) is 10.8 Å². The van der Waals surface area contributed by atoms with Crippen molar-refractivity contribution in [1.29, 1.82) is 5.26 Å². The van der Waals surface area contributed by atoms with Gasteiger partial charge in [-0.05, 0) is 34.6 Å². The average molecular weight is 456 g/mol. The third-order valence-electron chi connectivity index (χ3n) is 4.86. The minimum atomic E-state index is -1.47. The quantitative estimate of drug-likeness (QED) is 0.398. The monoisotopic (exact) mass is 456 g/mol. The molecule has 0 radical (unpaired) electrons. The number of H-pyrrole nitrogens is 1. The van der Waals surface area contributed by atoms with Crippen LogP contribution in [0.25, 0.3) is 0 Å². The number of rotatable bonds is 11. The summed E-state index contributed by atoms with van der Waals surface area (Å²) in [6.45, 7) is 10.4. The first-order valence-corrected chi connectivity index (χ1v) is 11.5. The highest BCUT2D eigenvalue weighted by Gasteiger charge is 2.41. The number of methoxy groups -OCH3 is 1. The average Bonchev–Trinajstić information content (AvgIpc) is 3.06. The van der Waals surface area contributed by atoms with Gasteiger partial charge in [0.05, 0.1) is 31.8 Å². The molecule has 1 aliphatic heterocycles. The molecule has 1 N–H and O–H groups in total. The van der Waals surface area contributed by atoms with E-state index in [2.05, 4.69) is 43.4 Å². The second-order valence-corrected chi connectivity index (χ2v) is 9.40. The minimum Gasteiger partial charge on any atom is -0.382 e. The van der Waals surface area contributed by atoms with E-state index in [-0.39, 0.29) is 31.7 Å². The Kier molecular flexibility index (Phi) is 9.82. The van der Waals surface area contributed by atoms with E-state index in [1.54, 1.807) is 14.0 Å². The lowest BCUT2D eigenvalue weighted by molar-refractivity contribution is -0.0527. The molecule has 0 saturated carbocycles. The topological polar surface area (TPSA) is 119 Å². The Labute approximate surface area is 184 Å². The molecule has 1 fully saturated rings. The molecule has 174 valence electrons. The molecule has 1 aliphatic rings. The van der Waals surface area contributed by atoms with Crippen molar-refractivity contribution < 1.29 is 18.5 Å². The Morgan fingerprint density at radius 2 is 2.03 bits per heavy atom. The Bertz CT molecular complexity index is 856. The number of nitriles is 1. The van der Waals surface area contributed by atoms with Crippen LogP contribution in [-0.2, 0) is 18.5 Å². The van der Waals surface area contributed by atoms with Gasteiger partial charge in [0.1, 0.15) is 12.3 Å². The van der Waals surface area contributed by atoms with E-state index in [9.17, 15) is 9.59 Å². The third kappa shape index (κ3) is 6.69. The fraction of sp³-hybridized carbons (Fsp3) is 0.750. The van der Waals surface area contributed by atoms with Crippen LogP contribution in [0.2, 0.25) is 0 Å². The van der Waals surface area contributed by atoms with Crippen LogP contribution in [0.15, 0.2) is 15.8 Å². The summed E-state index contributed by atoms with van der Waals surface area (Å²) in [5, 5.41) is 8.89. The number of hydrogen-bond acceptors (Lipinski definition) is 8. The lowest BCUT2D eigenvalue weighted by Gasteiger charge is -2.37. The number of aromatic amines is 1. The van der Waals surface area contributed by atoms with Gasteiger partial charge in [0, 0.05) is 37.4 Å². The Hall–Kier alpha value is -1.60. The zero-order valence-electron chi connectivity index (χ0n) is 19.0.